The molecule has 1 aliphatic rings. The molecule has 0 saturated carbocycles. The monoisotopic (exact) mass is 186 g/mol. The molecule has 0 aliphatic carbocycles. The maximum absolute atomic E-state index is 5.78. The van der Waals surface area contributed by atoms with Gasteiger partial charge in [0.25, 0.3) is 5.52 Å². The Hall–Kier alpha value is -1.57. The van der Waals surface area contributed by atoms with Gasteiger partial charge in [-0.25, -0.2) is 0 Å². The number of hydrogen-bond acceptors (Lipinski definition) is 1. The summed E-state index contributed by atoms with van der Waals surface area (Å²) in [7, 11) is 0. The van der Waals surface area contributed by atoms with Crippen molar-refractivity contribution in [3.63, 3.8) is 0 Å². The minimum Gasteiger partial charge on any atom is -0.477 e. The van der Waals surface area contributed by atoms with E-state index in [0.29, 0.717) is 0 Å². The Labute approximate surface area is 82.7 Å². The fourth-order valence-electron chi connectivity index (χ4n) is 2.08. The zero-order valence-corrected chi connectivity index (χ0v) is 8.10. The van der Waals surface area contributed by atoms with Crippen LogP contribution >= 0.6 is 0 Å². The molecule has 2 aromatic rings. The Morgan fingerprint density at radius 2 is 2.14 bits per heavy atom. The van der Waals surface area contributed by atoms with E-state index in [1.54, 1.807) is 0 Å². The molecule has 1 unspecified atom stereocenters. The van der Waals surface area contributed by atoms with Crippen LogP contribution < -0.4 is 9.30 Å². The number of nitrogens with zero attached hydrogens (tertiary/aromatic N) is 1. The first-order valence-corrected chi connectivity index (χ1v) is 4.92. The number of rotatable bonds is 0. The Kier molecular flexibility index (Phi) is 1.51. The van der Waals surface area contributed by atoms with E-state index in [4.69, 9.17) is 4.74 Å². The van der Waals surface area contributed by atoms with Gasteiger partial charge in [0.2, 0.25) is 0 Å². The molecule has 0 saturated heterocycles. The molecule has 1 aromatic heterocycles. The van der Waals surface area contributed by atoms with Crippen LogP contribution in [0.5, 0.6) is 5.75 Å². The number of hydrogen-bond donors (Lipinski definition) is 0. The first-order chi connectivity index (χ1) is 6.84. The predicted octanol–water partition coefficient (Wildman–Crippen LogP) is 1.91. The molecule has 1 aromatic carbocycles. The Bertz CT molecular complexity index is 452. The normalized spacial score (nSPS) is 19.4. The van der Waals surface area contributed by atoms with Crippen LogP contribution in [0, 0.1) is 0 Å². The third-order valence-corrected chi connectivity index (χ3v) is 2.64. The molecule has 14 heavy (non-hydrogen) atoms. The van der Waals surface area contributed by atoms with Crippen molar-refractivity contribution < 1.29 is 9.30 Å². The minimum absolute atomic E-state index is 0.264. The van der Waals surface area contributed by atoms with E-state index >= 15 is 0 Å². The van der Waals surface area contributed by atoms with Gasteiger partial charge in [-0.2, -0.15) is 4.57 Å². The van der Waals surface area contributed by atoms with Gasteiger partial charge in [0.1, 0.15) is 0 Å². The smallest absolute Gasteiger partial charge is 0.255 e. The van der Waals surface area contributed by atoms with Crippen molar-refractivity contribution in [1.82, 2.24) is 0 Å². The van der Waals surface area contributed by atoms with Gasteiger partial charge in [-0.1, -0.05) is 6.07 Å². The van der Waals surface area contributed by atoms with Gasteiger partial charge >= 0.3 is 0 Å². The molecule has 0 bridgehead atoms. The Morgan fingerprint density at radius 1 is 1.29 bits per heavy atom. The third-order valence-electron chi connectivity index (χ3n) is 2.64. The molecule has 2 nitrogen and oxygen atoms in total. The van der Waals surface area contributed by atoms with Crippen LogP contribution in [0.4, 0.5) is 0 Å². The SMILES string of the molecule is CC1C[n+]2cccc3cccc(c32)O1. The van der Waals surface area contributed by atoms with Crippen molar-refractivity contribution in [1.29, 1.82) is 0 Å². The molecule has 70 valence electrons. The molecular weight excluding hydrogens is 174 g/mol. The van der Waals surface area contributed by atoms with E-state index in [0.717, 1.165) is 12.3 Å². The maximum atomic E-state index is 5.78. The van der Waals surface area contributed by atoms with E-state index in [-0.39, 0.29) is 6.10 Å². The van der Waals surface area contributed by atoms with Crippen LogP contribution in [-0.4, -0.2) is 6.10 Å². The van der Waals surface area contributed by atoms with Crippen molar-refractivity contribution in [2.75, 3.05) is 0 Å². The molecule has 2 heteroatoms. The van der Waals surface area contributed by atoms with Crippen LogP contribution in [0.2, 0.25) is 0 Å². The lowest BCUT2D eigenvalue weighted by Crippen LogP contribution is -2.44. The molecular formula is C12H12NO+. The van der Waals surface area contributed by atoms with Gasteiger partial charge < -0.3 is 4.74 Å². The summed E-state index contributed by atoms with van der Waals surface area (Å²) in [6.45, 7) is 3.04. The van der Waals surface area contributed by atoms with Gasteiger partial charge in [0, 0.05) is 6.07 Å². The van der Waals surface area contributed by atoms with Crippen LogP contribution in [-0.2, 0) is 6.54 Å². The molecule has 0 amide bonds. The van der Waals surface area contributed by atoms with Crippen molar-refractivity contribution in [3.05, 3.63) is 36.5 Å². The summed E-state index contributed by atoms with van der Waals surface area (Å²) in [4.78, 5) is 0. The highest BCUT2D eigenvalue weighted by Gasteiger charge is 2.24. The first kappa shape index (κ1) is 7.80. The van der Waals surface area contributed by atoms with Gasteiger partial charge in [-0.15, -0.1) is 0 Å². The van der Waals surface area contributed by atoms with Gasteiger partial charge in [0.05, 0.1) is 5.39 Å². The summed E-state index contributed by atoms with van der Waals surface area (Å²) in [5.41, 5.74) is 1.22. The topological polar surface area (TPSA) is 13.1 Å². The van der Waals surface area contributed by atoms with Crippen LogP contribution in [0.15, 0.2) is 36.5 Å². The molecule has 0 fully saturated rings. The summed E-state index contributed by atoms with van der Waals surface area (Å²) in [5, 5.41) is 1.25. The van der Waals surface area contributed by atoms with Crippen LogP contribution in [0.1, 0.15) is 6.92 Å². The van der Waals surface area contributed by atoms with Crippen molar-refractivity contribution in [2.45, 2.75) is 19.6 Å². The van der Waals surface area contributed by atoms with E-state index < -0.39 is 0 Å². The van der Waals surface area contributed by atoms with Gasteiger partial charge in [-0.3, -0.25) is 0 Å². The summed E-state index contributed by atoms with van der Waals surface area (Å²) in [5.74, 6) is 1.00. The second kappa shape index (κ2) is 2.71. The van der Waals surface area contributed by atoms with E-state index in [2.05, 4.69) is 35.9 Å². The van der Waals surface area contributed by atoms with Crippen molar-refractivity contribution in [3.8, 4) is 5.75 Å². The Balaban J connectivity index is 2.40. The van der Waals surface area contributed by atoms with Crippen molar-refractivity contribution in [2.24, 2.45) is 0 Å². The van der Waals surface area contributed by atoms with Crippen molar-refractivity contribution >= 4 is 10.9 Å². The predicted molar refractivity (Wildman–Crippen MR) is 54.2 cm³/mol. The highest BCUT2D eigenvalue weighted by atomic mass is 16.5. The molecule has 1 atom stereocenters. The van der Waals surface area contributed by atoms with Crippen LogP contribution in [0.3, 0.4) is 0 Å². The van der Waals surface area contributed by atoms with E-state index in [1.165, 1.54) is 10.9 Å². The lowest BCUT2D eigenvalue weighted by Gasteiger charge is -2.18. The Morgan fingerprint density at radius 3 is 3.07 bits per heavy atom. The molecule has 0 N–H and O–H groups in total. The summed E-state index contributed by atoms with van der Waals surface area (Å²) in [6.07, 6.45) is 2.38. The minimum atomic E-state index is 0.264. The highest BCUT2D eigenvalue weighted by molar-refractivity contribution is 5.81. The molecule has 3 rings (SSSR count). The number of para-hydroxylation sites is 1. The standard InChI is InChI=1S/C12H12NO/c1-9-8-13-7-3-5-10-4-2-6-11(14-9)12(10)13/h2-7,9H,8H2,1H3/q+1. The van der Waals surface area contributed by atoms with E-state index in [1.807, 2.05) is 12.1 Å². The lowest BCUT2D eigenvalue weighted by atomic mass is 10.1. The molecule has 1 aliphatic heterocycles. The number of pyridine rings is 1. The zero-order chi connectivity index (χ0) is 9.54. The fourth-order valence-corrected chi connectivity index (χ4v) is 2.08. The number of ether oxygens (including phenoxy) is 1. The molecule has 2 heterocycles. The highest BCUT2D eigenvalue weighted by Crippen LogP contribution is 2.25. The number of benzene rings is 1. The summed E-state index contributed by atoms with van der Waals surface area (Å²) >= 11 is 0. The van der Waals surface area contributed by atoms with E-state index in [9.17, 15) is 0 Å². The second-order valence-corrected chi connectivity index (χ2v) is 3.78. The van der Waals surface area contributed by atoms with Gasteiger partial charge in [-0.05, 0) is 25.1 Å². The summed E-state index contributed by atoms with van der Waals surface area (Å²) in [6, 6.07) is 10.4. The first-order valence-electron chi connectivity index (χ1n) is 4.92. The quantitative estimate of drug-likeness (QED) is 0.573. The molecule has 0 spiro atoms. The number of aromatic nitrogens is 1. The maximum Gasteiger partial charge on any atom is 0.255 e. The largest absolute Gasteiger partial charge is 0.477 e. The van der Waals surface area contributed by atoms with Gasteiger partial charge in [0.15, 0.2) is 24.6 Å². The fraction of sp³-hybridized carbons (Fsp3) is 0.250. The average molecular weight is 186 g/mol. The second-order valence-electron chi connectivity index (χ2n) is 3.78. The average Bonchev–Trinajstić information content (AvgIpc) is 2.18. The zero-order valence-electron chi connectivity index (χ0n) is 8.10. The molecule has 0 radical (unpaired) electrons. The lowest BCUT2D eigenvalue weighted by molar-refractivity contribution is -0.682. The third kappa shape index (κ3) is 1.00. The van der Waals surface area contributed by atoms with Crippen LogP contribution in [0.25, 0.3) is 10.9 Å². The summed E-state index contributed by atoms with van der Waals surface area (Å²) < 4.78 is 8.05.